The first-order valence-corrected chi connectivity index (χ1v) is 7.40. The largest absolute Gasteiger partial charge is 0.383 e. The number of hydrogen-bond acceptors (Lipinski definition) is 3. The van der Waals surface area contributed by atoms with Crippen LogP contribution in [0.25, 0.3) is 0 Å². The molecule has 0 saturated carbocycles. The molecule has 0 aliphatic carbocycles. The van der Waals surface area contributed by atoms with Crippen molar-refractivity contribution in [3.05, 3.63) is 41.7 Å². The average molecular weight is 284 g/mol. The Kier molecular flexibility index (Phi) is 3.64. The number of hydrogen-bond donors (Lipinski definition) is 1. The van der Waals surface area contributed by atoms with Crippen LogP contribution in [0.15, 0.2) is 30.3 Å². The molecular formula is C16H20N4O. The van der Waals surface area contributed by atoms with Crippen LogP contribution < -0.4 is 10.2 Å². The molecular weight excluding hydrogens is 264 g/mol. The van der Waals surface area contributed by atoms with Gasteiger partial charge in [-0.25, -0.2) is 0 Å². The molecule has 1 aromatic carbocycles. The number of nitrogens with one attached hydrogen (secondary N) is 1. The summed E-state index contributed by atoms with van der Waals surface area (Å²) in [6, 6.07) is 9.83. The van der Waals surface area contributed by atoms with Crippen molar-refractivity contribution in [2.24, 2.45) is 0 Å². The van der Waals surface area contributed by atoms with Gasteiger partial charge in [0, 0.05) is 19.6 Å². The summed E-state index contributed by atoms with van der Waals surface area (Å²) in [4.78, 5) is 14.8. The van der Waals surface area contributed by atoms with Crippen molar-refractivity contribution >= 4 is 17.3 Å². The van der Waals surface area contributed by atoms with E-state index < -0.39 is 0 Å². The van der Waals surface area contributed by atoms with Gasteiger partial charge in [-0.05, 0) is 38.5 Å². The Morgan fingerprint density at radius 3 is 3.00 bits per heavy atom. The van der Waals surface area contributed by atoms with E-state index >= 15 is 0 Å². The van der Waals surface area contributed by atoms with Crippen LogP contribution in [-0.2, 0) is 6.54 Å². The second kappa shape index (κ2) is 5.60. The maximum Gasteiger partial charge on any atom is 0.276 e. The second-order valence-corrected chi connectivity index (χ2v) is 5.24. The standard InChI is InChI=1S/C16H20N4O/c1-3-20-15(11-12(2)18-20)16(21)19-10-6-9-17-13-7-4-5-8-14(13)19/h4-5,7-8,11,17H,3,6,9-10H2,1-2H3. The van der Waals surface area contributed by atoms with Gasteiger partial charge < -0.3 is 10.2 Å². The second-order valence-electron chi connectivity index (χ2n) is 5.24. The minimum Gasteiger partial charge on any atom is -0.383 e. The van der Waals surface area contributed by atoms with Gasteiger partial charge in [-0.1, -0.05) is 12.1 Å². The first kappa shape index (κ1) is 13.7. The number of carbonyl (C=O) groups excluding carboxylic acids is 1. The SMILES string of the molecule is CCn1nc(C)cc1C(=O)N1CCCNc2ccccc21. The van der Waals surface area contributed by atoms with Gasteiger partial charge in [0.2, 0.25) is 0 Å². The highest BCUT2D eigenvalue weighted by Gasteiger charge is 2.24. The first-order valence-electron chi connectivity index (χ1n) is 7.40. The van der Waals surface area contributed by atoms with E-state index in [1.54, 1.807) is 4.68 Å². The maximum absolute atomic E-state index is 12.9. The van der Waals surface area contributed by atoms with Gasteiger partial charge in [0.05, 0.1) is 17.1 Å². The summed E-state index contributed by atoms with van der Waals surface area (Å²) in [6.07, 6.45) is 0.930. The molecule has 21 heavy (non-hydrogen) atoms. The predicted octanol–water partition coefficient (Wildman–Crippen LogP) is 2.67. The molecule has 3 rings (SSSR count). The van der Waals surface area contributed by atoms with Gasteiger partial charge in [0.1, 0.15) is 5.69 Å². The monoisotopic (exact) mass is 284 g/mol. The summed E-state index contributed by atoms with van der Waals surface area (Å²) < 4.78 is 1.78. The number of rotatable bonds is 2. The zero-order valence-electron chi connectivity index (χ0n) is 12.5. The third-order valence-electron chi connectivity index (χ3n) is 3.73. The summed E-state index contributed by atoms with van der Waals surface area (Å²) in [6.45, 7) is 6.22. The van der Waals surface area contributed by atoms with Crippen LogP contribution in [0.1, 0.15) is 29.5 Å². The highest BCUT2D eigenvalue weighted by Crippen LogP contribution is 2.29. The van der Waals surface area contributed by atoms with Crippen LogP contribution in [0.4, 0.5) is 11.4 Å². The van der Waals surface area contributed by atoms with Crippen LogP contribution in [0.2, 0.25) is 0 Å². The van der Waals surface area contributed by atoms with Crippen LogP contribution in [-0.4, -0.2) is 28.8 Å². The quantitative estimate of drug-likeness (QED) is 0.922. The minimum absolute atomic E-state index is 0.0219. The number of nitrogens with zero attached hydrogens (tertiary/aromatic N) is 3. The Morgan fingerprint density at radius 1 is 1.38 bits per heavy atom. The number of carbonyl (C=O) groups is 1. The molecule has 2 heterocycles. The summed E-state index contributed by atoms with van der Waals surface area (Å²) >= 11 is 0. The van der Waals surface area contributed by atoms with Gasteiger partial charge in [0.15, 0.2) is 0 Å². The molecule has 1 amide bonds. The van der Waals surface area contributed by atoms with Crippen molar-refractivity contribution in [1.82, 2.24) is 9.78 Å². The normalized spacial score (nSPS) is 14.3. The van der Waals surface area contributed by atoms with Gasteiger partial charge in [0.25, 0.3) is 5.91 Å². The van der Waals surface area contributed by atoms with Gasteiger partial charge in [-0.2, -0.15) is 5.10 Å². The molecule has 0 unspecified atom stereocenters. The fourth-order valence-corrected chi connectivity index (χ4v) is 2.75. The van der Waals surface area contributed by atoms with E-state index in [2.05, 4.69) is 10.4 Å². The summed E-state index contributed by atoms with van der Waals surface area (Å²) in [5.41, 5.74) is 3.50. The van der Waals surface area contributed by atoms with E-state index in [1.807, 2.05) is 49.1 Å². The highest BCUT2D eigenvalue weighted by atomic mass is 16.2. The number of anilines is 2. The highest BCUT2D eigenvalue weighted by molar-refractivity contribution is 6.07. The molecule has 1 aliphatic rings. The smallest absolute Gasteiger partial charge is 0.276 e. The maximum atomic E-state index is 12.9. The fraction of sp³-hybridized carbons (Fsp3) is 0.375. The van der Waals surface area contributed by atoms with Crippen molar-refractivity contribution < 1.29 is 4.79 Å². The summed E-state index contributed by atoms with van der Waals surface area (Å²) in [5.74, 6) is 0.0219. The van der Waals surface area contributed by atoms with Crippen molar-refractivity contribution in [3.8, 4) is 0 Å². The molecule has 0 bridgehead atoms. The van der Waals surface area contributed by atoms with E-state index in [0.29, 0.717) is 12.2 Å². The molecule has 1 aromatic heterocycles. The lowest BCUT2D eigenvalue weighted by atomic mass is 10.2. The Labute approximate surface area is 124 Å². The van der Waals surface area contributed by atoms with Gasteiger partial charge >= 0.3 is 0 Å². The predicted molar refractivity (Wildman–Crippen MR) is 83.9 cm³/mol. The molecule has 1 N–H and O–H groups in total. The molecule has 110 valence electrons. The lowest BCUT2D eigenvalue weighted by molar-refractivity contribution is 0.0977. The van der Waals surface area contributed by atoms with Crippen molar-refractivity contribution in [3.63, 3.8) is 0 Å². The van der Waals surface area contributed by atoms with Crippen molar-refractivity contribution in [1.29, 1.82) is 0 Å². The number of fused-ring (bicyclic) bond motifs is 1. The van der Waals surface area contributed by atoms with E-state index in [0.717, 1.165) is 36.6 Å². The zero-order valence-corrected chi connectivity index (χ0v) is 12.5. The van der Waals surface area contributed by atoms with Gasteiger partial charge in [-0.3, -0.25) is 9.48 Å². The van der Waals surface area contributed by atoms with E-state index in [9.17, 15) is 4.79 Å². The Morgan fingerprint density at radius 2 is 2.19 bits per heavy atom. The number of para-hydroxylation sites is 2. The third kappa shape index (κ3) is 2.51. The average Bonchev–Trinajstić information content (AvgIpc) is 2.75. The van der Waals surface area contributed by atoms with E-state index in [1.165, 1.54) is 0 Å². The molecule has 0 fully saturated rings. The zero-order chi connectivity index (χ0) is 14.8. The lowest BCUT2D eigenvalue weighted by Crippen LogP contribution is -2.33. The van der Waals surface area contributed by atoms with Crippen molar-refractivity contribution in [2.45, 2.75) is 26.8 Å². The van der Waals surface area contributed by atoms with Crippen LogP contribution in [0.5, 0.6) is 0 Å². The molecule has 1 aliphatic heterocycles. The van der Waals surface area contributed by atoms with Crippen LogP contribution in [0, 0.1) is 6.92 Å². The topological polar surface area (TPSA) is 50.2 Å². The number of aryl methyl sites for hydroxylation is 2. The molecule has 0 atom stereocenters. The van der Waals surface area contributed by atoms with E-state index in [4.69, 9.17) is 0 Å². The van der Waals surface area contributed by atoms with E-state index in [-0.39, 0.29) is 5.91 Å². The van der Waals surface area contributed by atoms with Crippen LogP contribution >= 0.6 is 0 Å². The van der Waals surface area contributed by atoms with Crippen LogP contribution in [0.3, 0.4) is 0 Å². The Hall–Kier alpha value is -2.30. The molecule has 0 saturated heterocycles. The summed E-state index contributed by atoms with van der Waals surface area (Å²) in [5, 5.41) is 7.76. The fourth-order valence-electron chi connectivity index (χ4n) is 2.75. The number of aromatic nitrogens is 2. The number of amides is 1. The molecule has 5 nitrogen and oxygen atoms in total. The molecule has 0 spiro atoms. The first-order chi connectivity index (χ1) is 10.2. The number of benzene rings is 1. The van der Waals surface area contributed by atoms with Gasteiger partial charge in [-0.15, -0.1) is 0 Å². The Balaban J connectivity index is 2.01. The molecule has 2 aromatic rings. The lowest BCUT2D eigenvalue weighted by Gasteiger charge is -2.22. The third-order valence-corrected chi connectivity index (χ3v) is 3.73. The summed E-state index contributed by atoms with van der Waals surface area (Å²) in [7, 11) is 0. The Bertz CT molecular complexity index is 662. The minimum atomic E-state index is 0.0219. The molecule has 5 heteroatoms. The van der Waals surface area contributed by atoms with Crippen molar-refractivity contribution in [2.75, 3.05) is 23.3 Å². The molecule has 0 radical (unpaired) electrons.